The van der Waals surface area contributed by atoms with Crippen LogP contribution in [-0.4, -0.2) is 9.13 Å². The van der Waals surface area contributed by atoms with Crippen LogP contribution in [0.1, 0.15) is 16.8 Å². The number of anilines is 1. The van der Waals surface area contributed by atoms with E-state index in [0.29, 0.717) is 5.75 Å². The van der Waals surface area contributed by atoms with E-state index in [1.54, 1.807) is 24.3 Å². The Balaban J connectivity index is 1.72. The van der Waals surface area contributed by atoms with Crippen LogP contribution in [0, 0.1) is 12.7 Å². The van der Waals surface area contributed by atoms with Crippen molar-refractivity contribution in [2.45, 2.75) is 19.7 Å². The molecule has 37 heavy (non-hydrogen) atoms. The highest BCUT2D eigenvalue weighted by Gasteiger charge is 2.35. The van der Waals surface area contributed by atoms with Gasteiger partial charge in [-0.25, -0.2) is 13.8 Å². The number of nitrogens with two attached hydrogens (primary N) is 1. The van der Waals surface area contributed by atoms with Gasteiger partial charge in [0.2, 0.25) is 0 Å². The molecule has 3 aromatic carbocycles. The van der Waals surface area contributed by atoms with E-state index >= 15 is 0 Å². The maximum absolute atomic E-state index is 14.8. The molecule has 0 atom stereocenters. The first-order valence-corrected chi connectivity index (χ1v) is 10.9. The van der Waals surface area contributed by atoms with Crippen molar-refractivity contribution in [3.05, 3.63) is 110 Å². The molecule has 0 saturated carbocycles. The third kappa shape index (κ3) is 5.35. The summed E-state index contributed by atoms with van der Waals surface area (Å²) in [6.45, 7) is 2.17. The average Bonchev–Trinajstić information content (AvgIpc) is 2.83. The molecule has 1 heterocycles. The highest BCUT2D eigenvalue weighted by atomic mass is 19.4. The number of halogens is 4. The van der Waals surface area contributed by atoms with Crippen LogP contribution in [0.25, 0.3) is 5.69 Å². The predicted molar refractivity (Wildman–Crippen MR) is 129 cm³/mol. The standard InChI is InChI=1S/C26H21F4N3O4/c1-15-6-5-7-16(10-15)14-36-20-8-3-4-9-21(20)37-22-12-19(17(27)11-18(22)31)33-24(34)13-23(26(28,29)30)32(2)25(33)35/h3-13H,14,31H2,1-2H3. The minimum absolute atomic E-state index is 0.142. The van der Waals surface area contributed by atoms with Crippen LogP contribution in [-0.2, 0) is 19.8 Å². The van der Waals surface area contributed by atoms with Gasteiger partial charge in [-0.3, -0.25) is 9.36 Å². The Bertz CT molecular complexity index is 1590. The highest BCUT2D eigenvalue weighted by Crippen LogP contribution is 2.36. The van der Waals surface area contributed by atoms with Gasteiger partial charge < -0.3 is 15.2 Å². The summed E-state index contributed by atoms with van der Waals surface area (Å²) in [5, 5.41) is 0. The van der Waals surface area contributed by atoms with Crippen molar-refractivity contribution >= 4 is 5.69 Å². The molecule has 0 unspecified atom stereocenters. The van der Waals surface area contributed by atoms with E-state index in [9.17, 15) is 27.2 Å². The SMILES string of the molecule is Cc1cccc(COc2ccccc2Oc2cc(-n3c(=O)cc(C(F)(F)F)n(C)c3=O)c(F)cc2N)c1. The third-order valence-corrected chi connectivity index (χ3v) is 5.48. The second-order valence-electron chi connectivity index (χ2n) is 8.21. The van der Waals surface area contributed by atoms with E-state index in [4.69, 9.17) is 15.2 Å². The molecule has 0 saturated heterocycles. The van der Waals surface area contributed by atoms with Gasteiger partial charge in [0.15, 0.2) is 17.2 Å². The number of nitrogens with zero attached hydrogens (tertiary/aromatic N) is 2. The molecule has 0 amide bonds. The molecule has 0 bridgehead atoms. The van der Waals surface area contributed by atoms with E-state index in [1.807, 2.05) is 31.2 Å². The summed E-state index contributed by atoms with van der Waals surface area (Å²) in [5.41, 5.74) is 2.85. The third-order valence-electron chi connectivity index (χ3n) is 5.48. The van der Waals surface area contributed by atoms with Crippen molar-refractivity contribution in [2.24, 2.45) is 7.05 Å². The van der Waals surface area contributed by atoms with Crippen molar-refractivity contribution in [1.29, 1.82) is 0 Å². The van der Waals surface area contributed by atoms with Crippen LogP contribution in [0.4, 0.5) is 23.2 Å². The first-order chi connectivity index (χ1) is 17.5. The molecule has 0 spiro atoms. The Morgan fingerprint density at radius 2 is 1.62 bits per heavy atom. The Morgan fingerprint density at radius 1 is 0.919 bits per heavy atom. The van der Waals surface area contributed by atoms with Gasteiger partial charge in [-0.2, -0.15) is 13.2 Å². The summed E-state index contributed by atoms with van der Waals surface area (Å²) in [5.74, 6) is -0.714. The maximum atomic E-state index is 14.8. The van der Waals surface area contributed by atoms with Gasteiger partial charge in [0.05, 0.1) is 11.4 Å². The van der Waals surface area contributed by atoms with Gasteiger partial charge in [0.25, 0.3) is 5.56 Å². The van der Waals surface area contributed by atoms with Gasteiger partial charge >= 0.3 is 11.9 Å². The van der Waals surface area contributed by atoms with Crippen molar-refractivity contribution < 1.29 is 27.0 Å². The van der Waals surface area contributed by atoms with Crippen molar-refractivity contribution in [3.8, 4) is 22.9 Å². The number of nitrogen functional groups attached to an aromatic ring is 1. The molecule has 7 nitrogen and oxygen atoms in total. The Labute approximate surface area is 207 Å². The Kier molecular flexibility index (Phi) is 6.80. The molecule has 1 aromatic heterocycles. The second kappa shape index (κ2) is 9.84. The van der Waals surface area contributed by atoms with Crippen LogP contribution >= 0.6 is 0 Å². The van der Waals surface area contributed by atoms with Gasteiger partial charge in [0.1, 0.15) is 18.1 Å². The number of hydrogen-bond acceptors (Lipinski definition) is 5. The number of aryl methyl sites for hydroxylation is 1. The molecule has 0 aliphatic heterocycles. The molecule has 4 aromatic rings. The number of aromatic nitrogens is 2. The zero-order valence-electron chi connectivity index (χ0n) is 19.7. The smallest absolute Gasteiger partial charge is 0.431 e. The van der Waals surface area contributed by atoms with E-state index < -0.39 is 34.6 Å². The van der Waals surface area contributed by atoms with E-state index in [-0.39, 0.29) is 39.0 Å². The number of ether oxygens (including phenoxy) is 2. The second-order valence-corrected chi connectivity index (χ2v) is 8.21. The molecular formula is C26H21F4N3O4. The van der Waals surface area contributed by atoms with Gasteiger partial charge in [-0.15, -0.1) is 0 Å². The molecular weight excluding hydrogens is 494 g/mol. The number of alkyl halides is 3. The van der Waals surface area contributed by atoms with Gasteiger partial charge in [0, 0.05) is 25.2 Å². The lowest BCUT2D eigenvalue weighted by atomic mass is 10.1. The fourth-order valence-corrected chi connectivity index (χ4v) is 3.67. The minimum Gasteiger partial charge on any atom is -0.485 e. The molecule has 11 heteroatoms. The molecule has 0 aliphatic rings. The first-order valence-electron chi connectivity index (χ1n) is 10.9. The monoisotopic (exact) mass is 515 g/mol. The summed E-state index contributed by atoms with van der Waals surface area (Å²) in [6.07, 6.45) is -4.96. The van der Waals surface area contributed by atoms with Crippen molar-refractivity contribution in [2.75, 3.05) is 5.73 Å². The summed E-state index contributed by atoms with van der Waals surface area (Å²) in [4.78, 5) is 25.1. The highest BCUT2D eigenvalue weighted by molar-refractivity contribution is 5.60. The van der Waals surface area contributed by atoms with Crippen molar-refractivity contribution in [1.82, 2.24) is 9.13 Å². The number of hydrogen-bond donors (Lipinski definition) is 1. The zero-order chi connectivity index (χ0) is 26.9. The van der Waals surface area contributed by atoms with E-state index in [1.165, 1.54) is 0 Å². The fraction of sp³-hybridized carbons (Fsp3) is 0.154. The summed E-state index contributed by atoms with van der Waals surface area (Å²) in [6, 6.07) is 16.3. The molecule has 4 rings (SSSR count). The molecule has 0 fully saturated rings. The van der Waals surface area contributed by atoms with E-state index in [2.05, 4.69) is 0 Å². The predicted octanol–water partition coefficient (Wildman–Crippen LogP) is 4.96. The maximum Gasteiger partial charge on any atom is 0.431 e. The Hall–Kier alpha value is -4.54. The largest absolute Gasteiger partial charge is 0.485 e. The quantitative estimate of drug-likeness (QED) is 0.290. The summed E-state index contributed by atoms with van der Waals surface area (Å²) < 4.78 is 66.5. The van der Waals surface area contributed by atoms with Crippen LogP contribution in [0.15, 0.2) is 76.3 Å². The lowest BCUT2D eigenvalue weighted by Gasteiger charge is -2.17. The molecule has 192 valence electrons. The molecule has 2 N–H and O–H groups in total. The van der Waals surface area contributed by atoms with Crippen LogP contribution in [0.3, 0.4) is 0 Å². The minimum atomic E-state index is -4.96. The number of benzene rings is 3. The zero-order valence-corrected chi connectivity index (χ0v) is 19.7. The average molecular weight is 515 g/mol. The van der Waals surface area contributed by atoms with Crippen LogP contribution in [0.2, 0.25) is 0 Å². The van der Waals surface area contributed by atoms with Crippen LogP contribution < -0.4 is 26.5 Å². The Morgan fingerprint density at radius 3 is 2.30 bits per heavy atom. The van der Waals surface area contributed by atoms with E-state index in [0.717, 1.165) is 30.3 Å². The first kappa shape index (κ1) is 25.5. The fourth-order valence-electron chi connectivity index (χ4n) is 3.67. The van der Waals surface area contributed by atoms with Crippen molar-refractivity contribution in [3.63, 3.8) is 0 Å². The van der Waals surface area contributed by atoms with Gasteiger partial charge in [-0.05, 0) is 24.6 Å². The number of para-hydroxylation sites is 2. The topological polar surface area (TPSA) is 88.5 Å². The molecule has 0 aliphatic carbocycles. The van der Waals surface area contributed by atoms with Crippen LogP contribution in [0.5, 0.6) is 17.2 Å². The summed E-state index contributed by atoms with van der Waals surface area (Å²) in [7, 11) is 0.829. The summed E-state index contributed by atoms with van der Waals surface area (Å²) >= 11 is 0. The normalized spacial score (nSPS) is 11.4. The lowest BCUT2D eigenvalue weighted by Crippen LogP contribution is -2.41. The number of rotatable bonds is 6. The lowest BCUT2D eigenvalue weighted by molar-refractivity contribution is -0.144. The van der Waals surface area contributed by atoms with Gasteiger partial charge in [-0.1, -0.05) is 42.0 Å². The molecule has 0 radical (unpaired) electrons.